The average Bonchev–Trinajstić information content (AvgIpc) is 2.06. The van der Waals surface area contributed by atoms with E-state index >= 15 is 0 Å². The molecule has 0 aromatic heterocycles. The van der Waals surface area contributed by atoms with Gasteiger partial charge in [0.25, 0.3) is 0 Å². The highest BCUT2D eigenvalue weighted by Crippen LogP contribution is 1.67. The maximum Gasteiger partial charge on any atom is 0.0132 e. The number of rotatable bonds is 5. The molecule has 0 aliphatic rings. The third-order valence-electron chi connectivity index (χ3n) is 0.882. The third-order valence-corrected chi connectivity index (χ3v) is 0.882. The van der Waals surface area contributed by atoms with Crippen molar-refractivity contribution in [2.45, 2.75) is 13.3 Å². The van der Waals surface area contributed by atoms with Crippen LogP contribution in [-0.2, 0) is 0 Å². The number of nitrogens with one attached hydrogen (secondary N) is 1. The van der Waals surface area contributed by atoms with Crippen LogP contribution >= 0.6 is 12.4 Å². The summed E-state index contributed by atoms with van der Waals surface area (Å²) in [6.07, 6.45) is 4.73. The zero-order chi connectivity index (χ0) is 8.95. The van der Waals surface area contributed by atoms with Crippen molar-refractivity contribution in [3.8, 4) is 0 Å². The summed E-state index contributed by atoms with van der Waals surface area (Å²) in [5.74, 6) is 0. The molecule has 0 fully saturated rings. The summed E-state index contributed by atoms with van der Waals surface area (Å²) in [5.41, 5.74) is 4.91. The molecule has 0 aromatic carbocycles. The van der Waals surface area contributed by atoms with Crippen molar-refractivity contribution in [3.05, 3.63) is 25.3 Å². The van der Waals surface area contributed by atoms with E-state index in [1.807, 2.05) is 6.08 Å². The molecule has 0 rings (SSSR count). The van der Waals surface area contributed by atoms with Crippen LogP contribution in [-0.4, -0.2) is 19.6 Å². The Morgan fingerprint density at radius 3 is 2.08 bits per heavy atom. The molecule has 0 bridgehead atoms. The van der Waals surface area contributed by atoms with E-state index in [1.165, 1.54) is 6.42 Å². The van der Waals surface area contributed by atoms with Gasteiger partial charge in [0.05, 0.1) is 0 Å². The van der Waals surface area contributed by atoms with E-state index in [0.717, 1.165) is 13.1 Å². The summed E-state index contributed by atoms with van der Waals surface area (Å²) >= 11 is 0. The first-order chi connectivity index (χ1) is 5.33. The number of hydrogen-bond donors (Lipinski definition) is 2. The Kier molecular flexibility index (Phi) is 33.1. The number of halogens is 1. The fourth-order valence-electron chi connectivity index (χ4n) is 0.381. The van der Waals surface area contributed by atoms with Crippen LogP contribution in [0.2, 0.25) is 0 Å². The summed E-state index contributed by atoms with van der Waals surface area (Å²) in [4.78, 5) is 0. The molecule has 0 atom stereocenters. The minimum absolute atomic E-state index is 0. The van der Waals surface area contributed by atoms with Gasteiger partial charge >= 0.3 is 0 Å². The lowest BCUT2D eigenvalue weighted by Crippen LogP contribution is -2.13. The van der Waals surface area contributed by atoms with E-state index in [4.69, 9.17) is 5.73 Å². The topological polar surface area (TPSA) is 38.0 Å². The average molecular weight is 193 g/mol. The van der Waals surface area contributed by atoms with Crippen LogP contribution < -0.4 is 11.1 Å². The van der Waals surface area contributed by atoms with Gasteiger partial charge in [-0.2, -0.15) is 0 Å². The Morgan fingerprint density at radius 2 is 1.83 bits per heavy atom. The van der Waals surface area contributed by atoms with E-state index in [2.05, 4.69) is 25.4 Å². The predicted octanol–water partition coefficient (Wildman–Crippen LogP) is 1.72. The Bertz CT molecular complexity index is 84.6. The number of hydrogen-bond acceptors (Lipinski definition) is 2. The Labute approximate surface area is 82.3 Å². The molecule has 0 spiro atoms. The lowest BCUT2D eigenvalue weighted by atomic mass is 10.5. The quantitative estimate of drug-likeness (QED) is 0.515. The van der Waals surface area contributed by atoms with Crippen LogP contribution in [0.15, 0.2) is 25.3 Å². The van der Waals surface area contributed by atoms with Gasteiger partial charge in [-0.3, -0.25) is 0 Å². The van der Waals surface area contributed by atoms with E-state index in [0.29, 0.717) is 6.54 Å². The first-order valence-electron chi connectivity index (χ1n) is 3.96. The van der Waals surface area contributed by atoms with E-state index in [9.17, 15) is 0 Å². The highest BCUT2D eigenvalue weighted by molar-refractivity contribution is 5.85. The van der Waals surface area contributed by atoms with Gasteiger partial charge in [-0.25, -0.2) is 0 Å². The molecule has 0 heterocycles. The zero-order valence-corrected chi connectivity index (χ0v) is 8.70. The van der Waals surface area contributed by atoms with Gasteiger partial charge < -0.3 is 11.1 Å². The minimum atomic E-state index is 0. The van der Waals surface area contributed by atoms with E-state index in [1.54, 1.807) is 6.08 Å². The molecule has 0 saturated heterocycles. The van der Waals surface area contributed by atoms with Gasteiger partial charge in [-0.15, -0.1) is 25.6 Å². The fourth-order valence-corrected chi connectivity index (χ4v) is 0.381. The van der Waals surface area contributed by atoms with Crippen LogP contribution in [0.4, 0.5) is 0 Å². The highest BCUT2D eigenvalue weighted by atomic mass is 35.5. The van der Waals surface area contributed by atoms with Crippen LogP contribution in [0.25, 0.3) is 0 Å². The van der Waals surface area contributed by atoms with Gasteiger partial charge in [0.1, 0.15) is 0 Å². The predicted molar refractivity (Wildman–Crippen MR) is 59.9 cm³/mol. The summed E-state index contributed by atoms with van der Waals surface area (Å²) in [7, 11) is 0. The lowest BCUT2D eigenvalue weighted by molar-refractivity contribution is 0.730. The second-order valence-corrected chi connectivity index (χ2v) is 2.02. The molecular weight excluding hydrogens is 172 g/mol. The van der Waals surface area contributed by atoms with Crippen LogP contribution in [0.3, 0.4) is 0 Å². The maximum atomic E-state index is 4.91. The first-order valence-corrected chi connectivity index (χ1v) is 3.96. The normalized spacial score (nSPS) is 7.17. The molecule has 12 heavy (non-hydrogen) atoms. The van der Waals surface area contributed by atoms with Gasteiger partial charge in [0.15, 0.2) is 0 Å². The van der Waals surface area contributed by atoms with E-state index < -0.39 is 0 Å². The lowest BCUT2D eigenvalue weighted by Gasteiger charge is -1.93. The van der Waals surface area contributed by atoms with Crippen molar-refractivity contribution in [2.75, 3.05) is 19.6 Å². The molecule has 0 saturated carbocycles. The molecule has 0 radical (unpaired) electrons. The van der Waals surface area contributed by atoms with Crippen molar-refractivity contribution in [2.24, 2.45) is 5.73 Å². The molecule has 0 aromatic rings. The second kappa shape index (κ2) is 22.4. The Hall–Kier alpha value is -0.310. The maximum absolute atomic E-state index is 4.91. The smallest absolute Gasteiger partial charge is 0.0132 e. The SMILES string of the molecule is C=CCN.C=CCNCCC.Cl. The molecule has 0 amide bonds. The summed E-state index contributed by atoms with van der Waals surface area (Å²) in [6.45, 7) is 11.7. The summed E-state index contributed by atoms with van der Waals surface area (Å²) in [6, 6.07) is 0. The molecule has 3 N–H and O–H groups in total. The molecule has 3 heteroatoms. The summed E-state index contributed by atoms with van der Waals surface area (Å²) in [5, 5.41) is 3.17. The van der Waals surface area contributed by atoms with Gasteiger partial charge in [0, 0.05) is 13.1 Å². The molecule has 2 nitrogen and oxygen atoms in total. The van der Waals surface area contributed by atoms with Crippen molar-refractivity contribution >= 4 is 12.4 Å². The van der Waals surface area contributed by atoms with Gasteiger partial charge in [-0.1, -0.05) is 19.1 Å². The standard InChI is InChI=1S/C6H13N.C3H7N.ClH/c1-3-5-7-6-4-2;1-2-3-4;/h3,7H,1,4-6H2,2H3;2H,1,3-4H2;1H. The van der Waals surface area contributed by atoms with Crippen LogP contribution in [0.5, 0.6) is 0 Å². The Balaban J connectivity index is -0.000000142. The zero-order valence-electron chi connectivity index (χ0n) is 7.88. The van der Waals surface area contributed by atoms with Gasteiger partial charge in [0.2, 0.25) is 0 Å². The van der Waals surface area contributed by atoms with Crippen molar-refractivity contribution in [3.63, 3.8) is 0 Å². The largest absolute Gasteiger partial charge is 0.327 e. The molecule has 0 aliphatic heterocycles. The Morgan fingerprint density at radius 1 is 1.33 bits per heavy atom. The highest BCUT2D eigenvalue weighted by Gasteiger charge is 1.73. The third kappa shape index (κ3) is 33.3. The fraction of sp³-hybridized carbons (Fsp3) is 0.556. The van der Waals surface area contributed by atoms with Crippen molar-refractivity contribution in [1.29, 1.82) is 0 Å². The second-order valence-electron chi connectivity index (χ2n) is 2.02. The molecule has 74 valence electrons. The monoisotopic (exact) mass is 192 g/mol. The first kappa shape index (κ1) is 17.7. The van der Waals surface area contributed by atoms with Crippen molar-refractivity contribution < 1.29 is 0 Å². The van der Waals surface area contributed by atoms with Gasteiger partial charge in [-0.05, 0) is 13.0 Å². The van der Waals surface area contributed by atoms with Crippen LogP contribution in [0.1, 0.15) is 13.3 Å². The molecule has 0 aliphatic carbocycles. The van der Waals surface area contributed by atoms with E-state index in [-0.39, 0.29) is 12.4 Å². The molecule has 0 unspecified atom stereocenters. The molecular formula is C9H21ClN2. The number of nitrogens with two attached hydrogens (primary N) is 1. The summed E-state index contributed by atoms with van der Waals surface area (Å²) < 4.78 is 0. The van der Waals surface area contributed by atoms with Crippen LogP contribution in [0, 0.1) is 0 Å². The van der Waals surface area contributed by atoms with Crippen molar-refractivity contribution in [1.82, 2.24) is 5.32 Å². The minimum Gasteiger partial charge on any atom is -0.327 e.